The fourth-order valence-corrected chi connectivity index (χ4v) is 3.09. The summed E-state index contributed by atoms with van der Waals surface area (Å²) < 4.78 is 53.3. The summed E-state index contributed by atoms with van der Waals surface area (Å²) in [6, 6.07) is 3.96. The number of carbonyl (C=O) groups is 1. The molecule has 0 fully saturated rings. The summed E-state index contributed by atoms with van der Waals surface area (Å²) in [4.78, 5) is 10.9. The fourth-order valence-electron chi connectivity index (χ4n) is 3.09. The first-order chi connectivity index (χ1) is 11.9. The quantitative estimate of drug-likeness (QED) is 0.675. The molecule has 3 nitrogen and oxygen atoms in total. The molecule has 0 aliphatic rings. The van der Waals surface area contributed by atoms with Crippen LogP contribution in [0.25, 0.3) is 11.1 Å². The third kappa shape index (κ3) is 4.99. The van der Waals surface area contributed by atoms with Gasteiger partial charge in [0.15, 0.2) is 0 Å². The maximum Gasteiger partial charge on any atom is 0.416 e. The molecule has 0 amide bonds. The lowest BCUT2D eigenvalue weighted by molar-refractivity contribution is -0.138. The Morgan fingerprint density at radius 3 is 2.04 bits per heavy atom. The molecule has 0 spiro atoms. The summed E-state index contributed by atoms with van der Waals surface area (Å²) in [6.45, 7) is 4.60. The predicted molar refractivity (Wildman–Crippen MR) is 97.5 cm³/mol. The predicted octanol–water partition coefficient (Wildman–Crippen LogP) is 5.33. The van der Waals surface area contributed by atoms with Gasteiger partial charge in [-0.25, -0.2) is 4.39 Å². The van der Waals surface area contributed by atoms with E-state index in [0.29, 0.717) is 22.3 Å². The Kier molecular flexibility index (Phi) is 7.02. The van der Waals surface area contributed by atoms with Gasteiger partial charge in [0, 0.05) is 11.6 Å². The number of aryl methyl sites for hydroxylation is 3. The Bertz CT molecular complexity index is 843. The number of hydrogen-bond donors (Lipinski definition) is 2. The number of hydrogen-bond acceptors (Lipinski definition) is 2. The highest BCUT2D eigenvalue weighted by molar-refractivity contribution is 5.85. The Hall–Kier alpha value is -2.12. The molecule has 0 bridgehead atoms. The van der Waals surface area contributed by atoms with E-state index in [4.69, 9.17) is 10.8 Å². The standard InChI is InChI=1S/C19H19F4NO2.ClH/c1-9-5-13(19(21,22)23)6-10(2)17(9)12-4-11(3)18(20)14(7-12)15(24)8-16(25)26;/h4-7,15H,8,24H2,1-3H3,(H,25,26);1H/t15-;/m0./s1. The van der Waals surface area contributed by atoms with Gasteiger partial charge in [-0.2, -0.15) is 13.2 Å². The van der Waals surface area contributed by atoms with Crippen molar-refractivity contribution in [2.75, 3.05) is 0 Å². The van der Waals surface area contributed by atoms with Crippen molar-refractivity contribution in [1.82, 2.24) is 0 Å². The zero-order valence-corrected chi connectivity index (χ0v) is 15.8. The van der Waals surface area contributed by atoms with Crippen LogP contribution in [0.15, 0.2) is 24.3 Å². The molecule has 0 aliphatic heterocycles. The third-order valence-corrected chi connectivity index (χ3v) is 4.23. The fraction of sp³-hybridized carbons (Fsp3) is 0.316. The molecule has 0 radical (unpaired) electrons. The summed E-state index contributed by atoms with van der Waals surface area (Å²) >= 11 is 0. The van der Waals surface area contributed by atoms with Crippen LogP contribution >= 0.6 is 12.4 Å². The monoisotopic (exact) mass is 405 g/mol. The van der Waals surface area contributed by atoms with Crippen LogP contribution < -0.4 is 5.73 Å². The molecule has 2 aromatic rings. The van der Waals surface area contributed by atoms with Crippen molar-refractivity contribution < 1.29 is 27.5 Å². The Morgan fingerprint density at radius 1 is 1.07 bits per heavy atom. The summed E-state index contributed by atoms with van der Waals surface area (Å²) in [5.41, 5.74) is 7.15. The van der Waals surface area contributed by atoms with Gasteiger partial charge in [-0.1, -0.05) is 0 Å². The maximum atomic E-state index is 14.4. The SMILES string of the molecule is Cc1cc(-c2c(C)cc(C(F)(F)F)cc2C)cc([C@@H](N)CC(=O)O)c1F.Cl. The first-order valence-corrected chi connectivity index (χ1v) is 7.88. The van der Waals surface area contributed by atoms with Crippen LogP contribution in [0.3, 0.4) is 0 Å². The molecule has 2 aromatic carbocycles. The van der Waals surface area contributed by atoms with Crippen LogP contribution in [-0.4, -0.2) is 11.1 Å². The van der Waals surface area contributed by atoms with Crippen molar-refractivity contribution >= 4 is 18.4 Å². The van der Waals surface area contributed by atoms with E-state index in [0.717, 1.165) is 12.1 Å². The molecule has 0 heterocycles. The summed E-state index contributed by atoms with van der Waals surface area (Å²) in [7, 11) is 0. The Morgan fingerprint density at radius 2 is 1.59 bits per heavy atom. The molecule has 27 heavy (non-hydrogen) atoms. The van der Waals surface area contributed by atoms with E-state index >= 15 is 0 Å². The van der Waals surface area contributed by atoms with Crippen molar-refractivity contribution in [2.24, 2.45) is 5.73 Å². The van der Waals surface area contributed by atoms with Gasteiger partial charge in [0.1, 0.15) is 5.82 Å². The third-order valence-electron chi connectivity index (χ3n) is 4.23. The average molecular weight is 406 g/mol. The maximum absolute atomic E-state index is 14.4. The number of carboxylic acids is 1. The van der Waals surface area contributed by atoms with E-state index in [2.05, 4.69) is 0 Å². The molecule has 3 N–H and O–H groups in total. The zero-order valence-electron chi connectivity index (χ0n) is 14.9. The van der Waals surface area contributed by atoms with Crippen LogP contribution in [0.2, 0.25) is 0 Å². The van der Waals surface area contributed by atoms with Gasteiger partial charge in [-0.15, -0.1) is 12.4 Å². The zero-order chi connectivity index (χ0) is 19.8. The van der Waals surface area contributed by atoms with Crippen molar-refractivity contribution in [2.45, 2.75) is 39.4 Å². The van der Waals surface area contributed by atoms with Gasteiger partial charge in [0.25, 0.3) is 0 Å². The number of alkyl halides is 3. The molecule has 0 aromatic heterocycles. The van der Waals surface area contributed by atoms with E-state index in [1.807, 2.05) is 0 Å². The van der Waals surface area contributed by atoms with E-state index in [9.17, 15) is 22.4 Å². The number of nitrogens with two attached hydrogens (primary N) is 1. The second-order valence-corrected chi connectivity index (χ2v) is 6.38. The van der Waals surface area contributed by atoms with Gasteiger partial charge in [-0.3, -0.25) is 4.79 Å². The van der Waals surface area contributed by atoms with Crippen LogP contribution in [0.4, 0.5) is 17.6 Å². The first-order valence-electron chi connectivity index (χ1n) is 7.88. The van der Waals surface area contributed by atoms with E-state index in [1.54, 1.807) is 13.8 Å². The van der Waals surface area contributed by atoms with Crippen molar-refractivity contribution in [1.29, 1.82) is 0 Å². The molecule has 148 valence electrons. The lowest BCUT2D eigenvalue weighted by Gasteiger charge is -2.18. The Balaban J connectivity index is 0.00000364. The van der Waals surface area contributed by atoms with Crippen molar-refractivity contribution in [3.8, 4) is 11.1 Å². The van der Waals surface area contributed by atoms with Crippen LogP contribution in [-0.2, 0) is 11.0 Å². The minimum Gasteiger partial charge on any atom is -0.481 e. The molecular formula is C19H20ClF4NO2. The number of rotatable bonds is 4. The van der Waals surface area contributed by atoms with E-state index in [-0.39, 0.29) is 23.5 Å². The molecule has 0 saturated heterocycles. The number of halogens is 5. The molecule has 0 unspecified atom stereocenters. The number of aliphatic carboxylic acids is 1. The summed E-state index contributed by atoms with van der Waals surface area (Å²) in [5.74, 6) is -1.77. The minimum atomic E-state index is -4.46. The minimum absolute atomic E-state index is 0. The van der Waals surface area contributed by atoms with Gasteiger partial charge in [-0.05, 0) is 72.9 Å². The van der Waals surface area contributed by atoms with Crippen LogP contribution in [0.5, 0.6) is 0 Å². The number of carboxylic acid groups (broad SMARTS) is 1. The smallest absolute Gasteiger partial charge is 0.416 e. The van der Waals surface area contributed by atoms with E-state index in [1.165, 1.54) is 19.1 Å². The van der Waals surface area contributed by atoms with Crippen LogP contribution in [0, 0.1) is 26.6 Å². The van der Waals surface area contributed by atoms with E-state index < -0.39 is 36.0 Å². The van der Waals surface area contributed by atoms with Gasteiger partial charge in [0.05, 0.1) is 12.0 Å². The van der Waals surface area contributed by atoms with Gasteiger partial charge in [0.2, 0.25) is 0 Å². The lowest BCUT2D eigenvalue weighted by atomic mass is 9.89. The Labute approximate surface area is 160 Å². The average Bonchev–Trinajstić information content (AvgIpc) is 2.48. The second-order valence-electron chi connectivity index (χ2n) is 6.38. The van der Waals surface area contributed by atoms with Crippen molar-refractivity contribution in [3.05, 3.63) is 57.9 Å². The molecular weight excluding hydrogens is 386 g/mol. The highest BCUT2D eigenvalue weighted by Crippen LogP contribution is 2.37. The highest BCUT2D eigenvalue weighted by atomic mass is 35.5. The summed E-state index contributed by atoms with van der Waals surface area (Å²) in [6.07, 6.45) is -4.91. The lowest BCUT2D eigenvalue weighted by Crippen LogP contribution is -2.17. The summed E-state index contributed by atoms with van der Waals surface area (Å²) in [5, 5.41) is 8.88. The second kappa shape index (κ2) is 8.27. The first kappa shape index (κ1) is 22.9. The largest absolute Gasteiger partial charge is 0.481 e. The van der Waals surface area contributed by atoms with Gasteiger partial charge >= 0.3 is 12.1 Å². The molecule has 0 saturated carbocycles. The topological polar surface area (TPSA) is 63.3 Å². The normalized spacial score (nSPS) is 12.4. The van der Waals surface area contributed by atoms with Crippen molar-refractivity contribution in [3.63, 3.8) is 0 Å². The highest BCUT2D eigenvalue weighted by Gasteiger charge is 2.31. The molecule has 8 heteroatoms. The molecule has 2 rings (SSSR count). The van der Waals surface area contributed by atoms with Gasteiger partial charge < -0.3 is 10.8 Å². The molecule has 0 aliphatic carbocycles. The molecule has 1 atom stereocenters. The number of benzene rings is 2. The van der Waals surface area contributed by atoms with Crippen LogP contribution in [0.1, 0.15) is 40.3 Å².